The first-order valence-electron chi connectivity index (χ1n) is 13.1. The Morgan fingerprint density at radius 2 is 1.36 bits per heavy atom. The summed E-state index contributed by atoms with van der Waals surface area (Å²) in [5, 5.41) is 19.1. The zero-order valence-corrected chi connectivity index (χ0v) is 21.6. The first kappa shape index (κ1) is 28.1. The number of hydrogen-bond donors (Lipinski definition) is 2. The molecule has 2 N–H and O–H groups in total. The summed E-state index contributed by atoms with van der Waals surface area (Å²) in [6, 6.07) is 0. The van der Waals surface area contributed by atoms with Crippen LogP contribution in [0.25, 0.3) is 0 Å². The highest BCUT2D eigenvalue weighted by atomic mass is 16.5. The van der Waals surface area contributed by atoms with Gasteiger partial charge in [0.1, 0.15) is 0 Å². The fourth-order valence-electron chi connectivity index (χ4n) is 5.15. The topological polar surface area (TPSA) is 93.1 Å². The van der Waals surface area contributed by atoms with Gasteiger partial charge in [0.05, 0.1) is 35.7 Å². The van der Waals surface area contributed by atoms with E-state index in [0.29, 0.717) is 12.8 Å². The quantitative estimate of drug-likeness (QED) is 0.342. The van der Waals surface area contributed by atoms with Crippen molar-refractivity contribution in [1.29, 1.82) is 0 Å². The van der Waals surface area contributed by atoms with Crippen molar-refractivity contribution in [2.24, 2.45) is 16.7 Å². The van der Waals surface area contributed by atoms with Crippen molar-refractivity contribution in [1.82, 2.24) is 0 Å². The van der Waals surface area contributed by atoms with E-state index >= 15 is 0 Å². The van der Waals surface area contributed by atoms with Gasteiger partial charge in [-0.1, -0.05) is 20.8 Å². The third-order valence-electron chi connectivity index (χ3n) is 7.51. The molecule has 2 fully saturated rings. The van der Waals surface area contributed by atoms with Crippen LogP contribution in [0.2, 0.25) is 0 Å². The summed E-state index contributed by atoms with van der Waals surface area (Å²) in [5.74, 6) is -1.88. The lowest BCUT2D eigenvalue weighted by atomic mass is 9.83. The van der Waals surface area contributed by atoms with Crippen molar-refractivity contribution in [2.45, 2.75) is 143 Å². The van der Waals surface area contributed by atoms with Crippen molar-refractivity contribution < 1.29 is 29.3 Å². The molecule has 33 heavy (non-hydrogen) atoms. The lowest BCUT2D eigenvalue weighted by molar-refractivity contribution is -0.155. The van der Waals surface area contributed by atoms with Crippen molar-refractivity contribution in [2.75, 3.05) is 0 Å². The Labute approximate surface area is 200 Å². The van der Waals surface area contributed by atoms with Crippen LogP contribution in [-0.2, 0) is 19.1 Å². The lowest BCUT2D eigenvalue weighted by Gasteiger charge is -2.36. The first-order valence-corrected chi connectivity index (χ1v) is 13.1. The Balaban J connectivity index is 1.76. The Kier molecular flexibility index (Phi) is 10.7. The largest absolute Gasteiger partial charge is 0.481 e. The SMILES string of the molecule is CC(C)(C)CCC(C(=O)O)C1CCCC(CCC2CCCC(CCCC(C)(C)C(=O)O)O2)O1. The van der Waals surface area contributed by atoms with Crippen LogP contribution in [-0.4, -0.2) is 46.6 Å². The summed E-state index contributed by atoms with van der Waals surface area (Å²) < 4.78 is 12.7. The number of carboxylic acids is 2. The third kappa shape index (κ3) is 9.94. The van der Waals surface area contributed by atoms with E-state index in [9.17, 15) is 19.8 Å². The van der Waals surface area contributed by atoms with Gasteiger partial charge in [0.2, 0.25) is 0 Å². The molecular formula is C27H48O6. The average Bonchev–Trinajstić information content (AvgIpc) is 2.72. The molecule has 0 spiro atoms. The third-order valence-corrected chi connectivity index (χ3v) is 7.51. The second-order valence-corrected chi connectivity index (χ2v) is 12.2. The molecule has 0 bridgehead atoms. The predicted molar refractivity (Wildman–Crippen MR) is 129 cm³/mol. The van der Waals surface area contributed by atoms with Crippen molar-refractivity contribution >= 4 is 11.9 Å². The lowest BCUT2D eigenvalue weighted by Crippen LogP contribution is -2.38. The molecule has 0 aromatic rings. The van der Waals surface area contributed by atoms with Gasteiger partial charge in [0.15, 0.2) is 0 Å². The highest BCUT2D eigenvalue weighted by molar-refractivity contribution is 5.73. The monoisotopic (exact) mass is 468 g/mol. The van der Waals surface area contributed by atoms with Gasteiger partial charge in [-0.15, -0.1) is 0 Å². The Hall–Kier alpha value is -1.14. The van der Waals surface area contributed by atoms with Gasteiger partial charge in [-0.2, -0.15) is 0 Å². The minimum absolute atomic E-state index is 0.125. The van der Waals surface area contributed by atoms with Crippen molar-refractivity contribution in [3.8, 4) is 0 Å². The molecule has 0 radical (unpaired) electrons. The molecular weight excluding hydrogens is 420 g/mol. The maximum atomic E-state index is 11.9. The molecule has 2 heterocycles. The van der Waals surface area contributed by atoms with Crippen LogP contribution in [0, 0.1) is 16.7 Å². The molecule has 0 aliphatic carbocycles. The molecule has 2 rings (SSSR count). The Morgan fingerprint density at radius 3 is 1.91 bits per heavy atom. The Morgan fingerprint density at radius 1 is 0.818 bits per heavy atom. The van der Waals surface area contributed by atoms with Crippen molar-refractivity contribution in [3.63, 3.8) is 0 Å². The summed E-state index contributed by atoms with van der Waals surface area (Å²) >= 11 is 0. The maximum Gasteiger partial charge on any atom is 0.309 e. The summed E-state index contributed by atoms with van der Waals surface area (Å²) in [7, 11) is 0. The van der Waals surface area contributed by atoms with E-state index in [1.807, 2.05) is 0 Å². The summed E-state index contributed by atoms with van der Waals surface area (Å²) in [5.41, 5.74) is -0.552. The fourth-order valence-corrected chi connectivity index (χ4v) is 5.15. The fraction of sp³-hybridized carbons (Fsp3) is 0.926. The van der Waals surface area contributed by atoms with Crippen LogP contribution in [0.3, 0.4) is 0 Å². The maximum absolute atomic E-state index is 11.9. The average molecular weight is 469 g/mol. The minimum Gasteiger partial charge on any atom is -0.481 e. The van der Waals surface area contributed by atoms with Gasteiger partial charge in [-0.05, 0) is 103 Å². The molecule has 0 aromatic carbocycles. The summed E-state index contributed by atoms with van der Waals surface area (Å²) in [4.78, 5) is 23.2. The summed E-state index contributed by atoms with van der Waals surface area (Å²) in [6.45, 7) is 10.0. The first-order chi connectivity index (χ1) is 15.4. The van der Waals surface area contributed by atoms with E-state index in [1.54, 1.807) is 13.8 Å². The smallest absolute Gasteiger partial charge is 0.309 e. The molecule has 5 atom stereocenters. The van der Waals surface area contributed by atoms with E-state index in [2.05, 4.69) is 20.8 Å². The van der Waals surface area contributed by atoms with Crippen LogP contribution >= 0.6 is 0 Å². The molecule has 2 aliphatic rings. The molecule has 6 nitrogen and oxygen atoms in total. The number of carbonyl (C=O) groups is 2. The molecule has 192 valence electrons. The van der Waals surface area contributed by atoms with Gasteiger partial charge in [-0.3, -0.25) is 9.59 Å². The van der Waals surface area contributed by atoms with Crippen LogP contribution in [0.4, 0.5) is 0 Å². The number of aliphatic carboxylic acids is 2. The summed E-state index contributed by atoms with van der Waals surface area (Å²) in [6.07, 6.45) is 12.4. The highest BCUT2D eigenvalue weighted by Crippen LogP contribution is 2.34. The standard InChI is InChI=1S/C27H48O6/c1-26(2,3)18-16-22(24(28)29)23-13-7-11-21(33-23)15-14-20-10-6-9-19(32-20)12-8-17-27(4,5)25(30)31/h19-23H,6-18H2,1-5H3,(H,28,29)(H,30,31). The number of carboxylic acid groups (broad SMARTS) is 2. The van der Waals surface area contributed by atoms with E-state index in [4.69, 9.17) is 9.47 Å². The molecule has 5 unspecified atom stereocenters. The highest BCUT2D eigenvalue weighted by Gasteiger charge is 2.35. The normalized spacial score (nSPS) is 27.8. The number of rotatable bonds is 12. The van der Waals surface area contributed by atoms with E-state index in [-0.39, 0.29) is 29.8 Å². The van der Waals surface area contributed by atoms with Crippen molar-refractivity contribution in [3.05, 3.63) is 0 Å². The number of hydrogen-bond acceptors (Lipinski definition) is 4. The van der Waals surface area contributed by atoms with Gasteiger partial charge >= 0.3 is 11.9 Å². The van der Waals surface area contributed by atoms with E-state index < -0.39 is 23.3 Å². The van der Waals surface area contributed by atoms with Gasteiger partial charge < -0.3 is 19.7 Å². The second kappa shape index (κ2) is 12.5. The molecule has 6 heteroatoms. The minimum atomic E-state index is -0.737. The Bertz CT molecular complexity index is 623. The van der Waals surface area contributed by atoms with Gasteiger partial charge in [-0.25, -0.2) is 0 Å². The molecule has 2 saturated heterocycles. The van der Waals surface area contributed by atoms with Gasteiger partial charge in [0, 0.05) is 0 Å². The zero-order chi connectivity index (χ0) is 24.6. The molecule has 2 aliphatic heterocycles. The van der Waals surface area contributed by atoms with E-state index in [1.165, 1.54) is 0 Å². The molecule has 0 aromatic heterocycles. The zero-order valence-electron chi connectivity index (χ0n) is 21.6. The van der Waals surface area contributed by atoms with Crippen LogP contribution in [0.1, 0.15) is 118 Å². The van der Waals surface area contributed by atoms with Gasteiger partial charge in [0.25, 0.3) is 0 Å². The van der Waals surface area contributed by atoms with E-state index in [0.717, 1.165) is 70.6 Å². The second-order valence-electron chi connectivity index (χ2n) is 12.2. The predicted octanol–water partition coefficient (Wildman–Crippen LogP) is 6.45. The number of ether oxygens (including phenoxy) is 2. The molecule has 0 saturated carbocycles. The van der Waals surface area contributed by atoms with Crippen LogP contribution in [0.15, 0.2) is 0 Å². The molecule has 0 amide bonds. The van der Waals surface area contributed by atoms with Crippen LogP contribution in [0.5, 0.6) is 0 Å². The van der Waals surface area contributed by atoms with Crippen LogP contribution < -0.4 is 0 Å².